The van der Waals surface area contributed by atoms with Crippen molar-refractivity contribution in [3.63, 3.8) is 0 Å². The SMILES string of the molecule is COc1cc(C=CCN)ccc1OCC#N. The first-order chi connectivity index (χ1) is 7.81. The molecule has 0 aliphatic carbocycles. The topological polar surface area (TPSA) is 68.3 Å². The van der Waals surface area contributed by atoms with Crippen LogP contribution in [0.1, 0.15) is 5.56 Å². The van der Waals surface area contributed by atoms with E-state index in [-0.39, 0.29) is 6.61 Å². The number of hydrogen-bond acceptors (Lipinski definition) is 4. The first kappa shape index (κ1) is 12.1. The van der Waals surface area contributed by atoms with Crippen molar-refractivity contribution in [2.24, 2.45) is 5.73 Å². The minimum Gasteiger partial charge on any atom is -0.493 e. The van der Waals surface area contributed by atoms with E-state index < -0.39 is 0 Å². The molecule has 0 aromatic heterocycles. The zero-order chi connectivity index (χ0) is 11.8. The Morgan fingerprint density at radius 1 is 1.44 bits per heavy atom. The average molecular weight is 218 g/mol. The molecule has 0 aliphatic heterocycles. The summed E-state index contributed by atoms with van der Waals surface area (Å²) in [5.74, 6) is 1.17. The van der Waals surface area contributed by atoms with Crippen molar-refractivity contribution in [1.29, 1.82) is 5.26 Å². The molecule has 0 bridgehead atoms. The molecule has 84 valence electrons. The summed E-state index contributed by atoms with van der Waals surface area (Å²) in [5, 5.41) is 8.42. The Morgan fingerprint density at radius 3 is 2.88 bits per heavy atom. The molecule has 0 amide bonds. The fourth-order valence-electron chi connectivity index (χ4n) is 1.22. The van der Waals surface area contributed by atoms with Gasteiger partial charge in [0.05, 0.1) is 7.11 Å². The standard InChI is InChI=1S/C12H14N2O2/c1-15-12-9-10(3-2-6-13)4-5-11(12)16-8-7-14/h2-5,9H,6,8,13H2,1H3. The molecule has 0 aliphatic rings. The van der Waals surface area contributed by atoms with Gasteiger partial charge in [-0.15, -0.1) is 0 Å². The van der Waals surface area contributed by atoms with E-state index in [4.69, 9.17) is 20.5 Å². The lowest BCUT2D eigenvalue weighted by molar-refractivity contribution is 0.329. The summed E-state index contributed by atoms with van der Waals surface area (Å²) in [6.45, 7) is 0.503. The summed E-state index contributed by atoms with van der Waals surface area (Å²) in [5.41, 5.74) is 6.34. The van der Waals surface area contributed by atoms with Gasteiger partial charge in [0.1, 0.15) is 6.07 Å². The Morgan fingerprint density at radius 2 is 2.25 bits per heavy atom. The molecule has 1 aromatic carbocycles. The van der Waals surface area contributed by atoms with Gasteiger partial charge in [-0.2, -0.15) is 5.26 Å². The monoisotopic (exact) mass is 218 g/mol. The second kappa shape index (κ2) is 6.49. The predicted octanol–water partition coefficient (Wildman–Crippen LogP) is 1.57. The minimum absolute atomic E-state index is 0.00828. The summed E-state index contributed by atoms with van der Waals surface area (Å²) in [7, 11) is 1.56. The van der Waals surface area contributed by atoms with Crippen LogP contribution in [0.5, 0.6) is 11.5 Å². The molecule has 0 radical (unpaired) electrons. The van der Waals surface area contributed by atoms with E-state index >= 15 is 0 Å². The fourth-order valence-corrected chi connectivity index (χ4v) is 1.22. The predicted molar refractivity (Wildman–Crippen MR) is 62.2 cm³/mol. The Bertz CT molecular complexity index is 408. The van der Waals surface area contributed by atoms with E-state index in [0.29, 0.717) is 18.0 Å². The van der Waals surface area contributed by atoms with Crippen molar-refractivity contribution < 1.29 is 9.47 Å². The van der Waals surface area contributed by atoms with Gasteiger partial charge >= 0.3 is 0 Å². The number of benzene rings is 1. The third-order valence-corrected chi connectivity index (χ3v) is 1.93. The number of nitriles is 1. The highest BCUT2D eigenvalue weighted by Crippen LogP contribution is 2.28. The number of hydrogen-bond donors (Lipinski definition) is 1. The molecule has 1 rings (SSSR count). The lowest BCUT2D eigenvalue weighted by Crippen LogP contribution is -1.97. The fraction of sp³-hybridized carbons (Fsp3) is 0.250. The van der Waals surface area contributed by atoms with Gasteiger partial charge in [0, 0.05) is 6.54 Å². The molecule has 2 N–H and O–H groups in total. The number of nitrogens with two attached hydrogens (primary N) is 1. The number of methoxy groups -OCH3 is 1. The largest absolute Gasteiger partial charge is 0.493 e. The van der Waals surface area contributed by atoms with Crippen LogP contribution in [-0.2, 0) is 0 Å². The first-order valence-electron chi connectivity index (χ1n) is 4.86. The van der Waals surface area contributed by atoms with E-state index in [0.717, 1.165) is 5.56 Å². The van der Waals surface area contributed by atoms with Gasteiger partial charge in [-0.1, -0.05) is 18.2 Å². The lowest BCUT2D eigenvalue weighted by Gasteiger charge is -2.08. The van der Waals surface area contributed by atoms with Crippen LogP contribution in [0.25, 0.3) is 6.08 Å². The number of rotatable bonds is 5. The zero-order valence-corrected chi connectivity index (χ0v) is 9.14. The summed E-state index contributed by atoms with van der Waals surface area (Å²) < 4.78 is 10.4. The molecule has 0 saturated heterocycles. The van der Waals surface area contributed by atoms with Crippen LogP contribution in [0, 0.1) is 11.3 Å². The van der Waals surface area contributed by atoms with Crippen molar-refractivity contribution in [3.05, 3.63) is 29.8 Å². The summed E-state index contributed by atoms with van der Waals surface area (Å²) >= 11 is 0. The molecule has 16 heavy (non-hydrogen) atoms. The molecular weight excluding hydrogens is 204 g/mol. The third-order valence-electron chi connectivity index (χ3n) is 1.93. The molecule has 0 atom stereocenters. The van der Waals surface area contributed by atoms with Gasteiger partial charge in [-0.05, 0) is 17.7 Å². The summed E-state index contributed by atoms with van der Waals surface area (Å²) in [6.07, 6.45) is 3.75. The number of ether oxygens (including phenoxy) is 2. The van der Waals surface area contributed by atoms with E-state index in [1.54, 1.807) is 13.2 Å². The van der Waals surface area contributed by atoms with E-state index in [2.05, 4.69) is 0 Å². The van der Waals surface area contributed by atoms with Gasteiger partial charge in [0.2, 0.25) is 0 Å². The molecule has 0 fully saturated rings. The zero-order valence-electron chi connectivity index (χ0n) is 9.14. The first-order valence-corrected chi connectivity index (χ1v) is 4.86. The molecule has 0 spiro atoms. The van der Waals surface area contributed by atoms with Crippen LogP contribution in [0.3, 0.4) is 0 Å². The second-order valence-electron chi connectivity index (χ2n) is 3.00. The Balaban J connectivity index is 2.89. The van der Waals surface area contributed by atoms with E-state index in [1.165, 1.54) is 0 Å². The van der Waals surface area contributed by atoms with Crippen molar-refractivity contribution in [3.8, 4) is 17.6 Å². The second-order valence-corrected chi connectivity index (χ2v) is 3.00. The van der Waals surface area contributed by atoms with Gasteiger partial charge in [-0.25, -0.2) is 0 Å². The highest BCUT2D eigenvalue weighted by Gasteiger charge is 2.03. The van der Waals surface area contributed by atoms with Gasteiger partial charge in [0.15, 0.2) is 18.1 Å². The van der Waals surface area contributed by atoms with Crippen LogP contribution >= 0.6 is 0 Å². The number of nitrogens with zero attached hydrogens (tertiary/aromatic N) is 1. The van der Waals surface area contributed by atoms with Crippen LogP contribution in [0.2, 0.25) is 0 Å². The van der Waals surface area contributed by atoms with Gasteiger partial charge < -0.3 is 15.2 Å². The Labute approximate surface area is 94.9 Å². The molecule has 4 nitrogen and oxygen atoms in total. The van der Waals surface area contributed by atoms with Crippen molar-refractivity contribution in [2.75, 3.05) is 20.3 Å². The maximum atomic E-state index is 8.42. The van der Waals surface area contributed by atoms with Crippen LogP contribution in [0.15, 0.2) is 24.3 Å². The minimum atomic E-state index is 0.00828. The highest BCUT2D eigenvalue weighted by atomic mass is 16.5. The summed E-state index contributed by atoms with van der Waals surface area (Å²) in [6, 6.07) is 7.39. The summed E-state index contributed by atoms with van der Waals surface area (Å²) in [4.78, 5) is 0. The lowest BCUT2D eigenvalue weighted by atomic mass is 10.2. The normalized spacial score (nSPS) is 10.1. The van der Waals surface area contributed by atoms with Crippen molar-refractivity contribution in [2.45, 2.75) is 0 Å². The van der Waals surface area contributed by atoms with Crippen LogP contribution in [-0.4, -0.2) is 20.3 Å². The molecule has 1 aromatic rings. The van der Waals surface area contributed by atoms with Crippen LogP contribution < -0.4 is 15.2 Å². The van der Waals surface area contributed by atoms with Crippen LogP contribution in [0.4, 0.5) is 0 Å². The highest BCUT2D eigenvalue weighted by molar-refractivity contribution is 5.56. The van der Waals surface area contributed by atoms with E-state index in [9.17, 15) is 0 Å². The smallest absolute Gasteiger partial charge is 0.174 e. The molecule has 0 saturated carbocycles. The van der Waals surface area contributed by atoms with E-state index in [1.807, 2.05) is 30.4 Å². The maximum Gasteiger partial charge on any atom is 0.174 e. The molecule has 0 unspecified atom stereocenters. The Hall–Kier alpha value is -1.99. The molecule has 4 heteroatoms. The molecule has 0 heterocycles. The quantitative estimate of drug-likeness (QED) is 0.814. The molecular formula is C12H14N2O2. The van der Waals surface area contributed by atoms with Gasteiger partial charge in [-0.3, -0.25) is 0 Å². The van der Waals surface area contributed by atoms with Crippen molar-refractivity contribution >= 4 is 6.08 Å². The maximum absolute atomic E-state index is 8.42. The van der Waals surface area contributed by atoms with Crippen molar-refractivity contribution in [1.82, 2.24) is 0 Å². The Kier molecular flexibility index (Phi) is 4.90. The van der Waals surface area contributed by atoms with Gasteiger partial charge in [0.25, 0.3) is 0 Å². The average Bonchev–Trinajstić information content (AvgIpc) is 2.34. The third kappa shape index (κ3) is 3.30.